The zero-order valence-electron chi connectivity index (χ0n) is 11.4. The van der Waals surface area contributed by atoms with Gasteiger partial charge >= 0.3 is 0 Å². The van der Waals surface area contributed by atoms with Gasteiger partial charge in [-0.25, -0.2) is 0 Å². The van der Waals surface area contributed by atoms with Crippen molar-refractivity contribution in [3.63, 3.8) is 0 Å². The first kappa shape index (κ1) is 15.5. The Kier molecular flexibility index (Phi) is 5.56. The average molecular weight is 360 g/mol. The summed E-state index contributed by atoms with van der Waals surface area (Å²) in [5.74, 6) is -0.0952. The molecule has 0 bridgehead atoms. The highest BCUT2D eigenvalue weighted by Gasteiger charge is 2.20. The van der Waals surface area contributed by atoms with Gasteiger partial charge in [0.05, 0.1) is 15.2 Å². The highest BCUT2D eigenvalue weighted by molar-refractivity contribution is 9.11. The van der Waals surface area contributed by atoms with E-state index in [9.17, 15) is 9.59 Å². The van der Waals surface area contributed by atoms with E-state index in [1.54, 1.807) is 13.1 Å². The maximum Gasteiger partial charge on any atom is 0.264 e. The molecule has 0 aromatic carbocycles. The van der Waals surface area contributed by atoms with Gasteiger partial charge in [0.1, 0.15) is 0 Å². The van der Waals surface area contributed by atoms with Crippen LogP contribution in [0, 0.1) is 0 Å². The van der Waals surface area contributed by atoms with Crippen molar-refractivity contribution < 1.29 is 9.59 Å². The molecule has 0 unspecified atom stereocenters. The standard InChI is InChI=1S/C13H18BrN3O2S/c1-16(13(19)10-3-4-11(14)20-10)9-12(18)17-7-2-5-15-6-8-17/h3-4,15H,2,5-9H2,1H3. The lowest BCUT2D eigenvalue weighted by Crippen LogP contribution is -2.42. The Balaban J connectivity index is 1.91. The van der Waals surface area contributed by atoms with Gasteiger partial charge in [-0.2, -0.15) is 0 Å². The van der Waals surface area contributed by atoms with E-state index in [1.165, 1.54) is 16.2 Å². The molecular formula is C13H18BrN3O2S. The number of carbonyl (C=O) groups excluding carboxylic acids is 2. The molecule has 1 N–H and O–H groups in total. The minimum Gasteiger partial charge on any atom is -0.340 e. The fraction of sp³-hybridized carbons (Fsp3) is 0.538. The number of amides is 2. The molecule has 2 heterocycles. The Morgan fingerprint density at radius 2 is 2.20 bits per heavy atom. The lowest BCUT2D eigenvalue weighted by molar-refractivity contribution is -0.131. The van der Waals surface area contributed by atoms with Crippen LogP contribution in [-0.2, 0) is 4.79 Å². The molecule has 0 radical (unpaired) electrons. The van der Waals surface area contributed by atoms with E-state index in [-0.39, 0.29) is 18.4 Å². The molecule has 0 spiro atoms. The van der Waals surface area contributed by atoms with E-state index < -0.39 is 0 Å². The largest absolute Gasteiger partial charge is 0.340 e. The van der Waals surface area contributed by atoms with E-state index >= 15 is 0 Å². The van der Waals surface area contributed by atoms with Gasteiger partial charge in [0.15, 0.2) is 0 Å². The Morgan fingerprint density at radius 3 is 2.90 bits per heavy atom. The van der Waals surface area contributed by atoms with Crippen molar-refractivity contribution in [2.45, 2.75) is 6.42 Å². The number of nitrogens with one attached hydrogen (secondary N) is 1. The molecule has 1 aromatic heterocycles. The van der Waals surface area contributed by atoms with Gasteiger partial charge in [-0.1, -0.05) is 0 Å². The van der Waals surface area contributed by atoms with E-state index in [1.807, 2.05) is 11.0 Å². The molecule has 5 nitrogen and oxygen atoms in total. The predicted octanol–water partition coefficient (Wildman–Crippen LogP) is 1.40. The van der Waals surface area contributed by atoms with Gasteiger partial charge in [0.25, 0.3) is 5.91 Å². The summed E-state index contributed by atoms with van der Waals surface area (Å²) < 4.78 is 0.916. The third kappa shape index (κ3) is 4.04. The predicted molar refractivity (Wildman–Crippen MR) is 83.0 cm³/mol. The van der Waals surface area contributed by atoms with Crippen LogP contribution in [0.25, 0.3) is 0 Å². The van der Waals surface area contributed by atoms with Crippen LogP contribution in [0.1, 0.15) is 16.1 Å². The molecule has 7 heteroatoms. The fourth-order valence-corrected chi connectivity index (χ4v) is 3.47. The quantitative estimate of drug-likeness (QED) is 0.887. The highest BCUT2D eigenvalue weighted by Crippen LogP contribution is 2.23. The zero-order valence-corrected chi connectivity index (χ0v) is 13.8. The summed E-state index contributed by atoms with van der Waals surface area (Å²) in [6.07, 6.45) is 0.960. The van der Waals surface area contributed by atoms with Gasteiger partial charge in [0, 0.05) is 26.7 Å². The summed E-state index contributed by atoms with van der Waals surface area (Å²) in [6, 6.07) is 3.61. The number of nitrogens with zero attached hydrogens (tertiary/aromatic N) is 2. The minimum atomic E-state index is -0.109. The second-order valence-corrected chi connectivity index (χ2v) is 7.21. The molecule has 2 amide bonds. The SMILES string of the molecule is CN(CC(=O)N1CCCNCC1)C(=O)c1ccc(Br)s1. The Labute approximate surface area is 131 Å². The topological polar surface area (TPSA) is 52.7 Å². The van der Waals surface area contributed by atoms with E-state index in [0.717, 1.165) is 29.8 Å². The van der Waals surface area contributed by atoms with Crippen LogP contribution in [0.5, 0.6) is 0 Å². The van der Waals surface area contributed by atoms with Gasteiger partial charge in [-0.05, 0) is 41.0 Å². The minimum absolute atomic E-state index is 0.0140. The Bertz CT molecular complexity index is 484. The highest BCUT2D eigenvalue weighted by atomic mass is 79.9. The molecule has 1 aliphatic rings. The second-order valence-electron chi connectivity index (χ2n) is 4.75. The van der Waals surface area contributed by atoms with E-state index in [2.05, 4.69) is 21.2 Å². The smallest absolute Gasteiger partial charge is 0.264 e. The van der Waals surface area contributed by atoms with Gasteiger partial charge in [-0.3, -0.25) is 9.59 Å². The van der Waals surface area contributed by atoms with Crippen LogP contribution >= 0.6 is 27.3 Å². The number of rotatable bonds is 3. The lowest BCUT2D eigenvalue weighted by atomic mass is 10.3. The fourth-order valence-electron chi connectivity index (χ4n) is 2.09. The monoisotopic (exact) mass is 359 g/mol. The molecule has 0 atom stereocenters. The number of hydrogen-bond donors (Lipinski definition) is 1. The molecule has 110 valence electrons. The van der Waals surface area contributed by atoms with Crippen molar-refractivity contribution in [2.24, 2.45) is 0 Å². The third-order valence-corrected chi connectivity index (χ3v) is 4.81. The maximum atomic E-state index is 12.2. The van der Waals surface area contributed by atoms with Crippen molar-refractivity contribution in [1.82, 2.24) is 15.1 Å². The molecule has 1 aliphatic heterocycles. The summed E-state index contributed by atoms with van der Waals surface area (Å²) in [5, 5.41) is 3.26. The second kappa shape index (κ2) is 7.19. The molecule has 20 heavy (non-hydrogen) atoms. The third-order valence-electron chi connectivity index (χ3n) is 3.20. The molecule has 0 aliphatic carbocycles. The number of likely N-dealkylation sites (N-methyl/N-ethyl adjacent to an activating group) is 1. The van der Waals surface area contributed by atoms with Gasteiger partial charge in [0.2, 0.25) is 5.91 Å². The van der Waals surface area contributed by atoms with Crippen LogP contribution in [0.15, 0.2) is 15.9 Å². The molecule has 1 aromatic rings. The average Bonchev–Trinajstić information content (AvgIpc) is 2.69. The summed E-state index contributed by atoms with van der Waals surface area (Å²) in [6.45, 7) is 3.38. The van der Waals surface area contributed by atoms with Crippen molar-refractivity contribution >= 4 is 39.1 Å². The Hall–Kier alpha value is -0.920. The molecule has 0 saturated carbocycles. The van der Waals surface area contributed by atoms with Gasteiger partial charge in [-0.15, -0.1) is 11.3 Å². The van der Waals surface area contributed by atoms with Crippen molar-refractivity contribution in [3.8, 4) is 0 Å². The first-order chi connectivity index (χ1) is 9.58. The maximum absolute atomic E-state index is 12.2. The van der Waals surface area contributed by atoms with Gasteiger partial charge < -0.3 is 15.1 Å². The number of hydrogen-bond acceptors (Lipinski definition) is 4. The summed E-state index contributed by atoms with van der Waals surface area (Å²) in [4.78, 5) is 28.3. The normalized spacial score (nSPS) is 15.8. The first-order valence-corrected chi connectivity index (χ1v) is 8.18. The zero-order chi connectivity index (χ0) is 14.5. The summed E-state index contributed by atoms with van der Waals surface area (Å²) in [7, 11) is 1.67. The van der Waals surface area contributed by atoms with Crippen LogP contribution in [-0.4, -0.2) is 61.4 Å². The van der Waals surface area contributed by atoms with Crippen LogP contribution in [0.3, 0.4) is 0 Å². The van der Waals surface area contributed by atoms with Crippen LogP contribution in [0.4, 0.5) is 0 Å². The van der Waals surface area contributed by atoms with E-state index in [4.69, 9.17) is 0 Å². The van der Waals surface area contributed by atoms with Crippen LogP contribution < -0.4 is 5.32 Å². The van der Waals surface area contributed by atoms with Crippen molar-refractivity contribution in [3.05, 3.63) is 20.8 Å². The molecular weight excluding hydrogens is 342 g/mol. The van der Waals surface area contributed by atoms with Crippen molar-refractivity contribution in [2.75, 3.05) is 39.8 Å². The number of thiophene rings is 1. The van der Waals surface area contributed by atoms with Crippen molar-refractivity contribution in [1.29, 1.82) is 0 Å². The molecule has 1 saturated heterocycles. The molecule has 1 fully saturated rings. The summed E-state index contributed by atoms with van der Waals surface area (Å²) in [5.41, 5.74) is 0. The lowest BCUT2D eigenvalue weighted by Gasteiger charge is -2.23. The number of halogens is 1. The Morgan fingerprint density at radius 1 is 1.40 bits per heavy atom. The summed E-state index contributed by atoms with van der Waals surface area (Å²) >= 11 is 4.72. The van der Waals surface area contributed by atoms with Crippen LogP contribution in [0.2, 0.25) is 0 Å². The molecule has 2 rings (SSSR count). The van der Waals surface area contributed by atoms with E-state index in [0.29, 0.717) is 11.4 Å². The number of carbonyl (C=O) groups is 2. The first-order valence-electron chi connectivity index (χ1n) is 6.57.